The average Bonchev–Trinajstić information content (AvgIpc) is 3.07. The van der Waals surface area contributed by atoms with Crippen molar-refractivity contribution in [3.63, 3.8) is 0 Å². The number of fused-ring (bicyclic) bond motifs is 3. The highest BCUT2D eigenvalue weighted by atomic mass is 19.1. The maximum atomic E-state index is 14.5. The first-order valence-electron chi connectivity index (χ1n) is 17.1. The molecule has 0 aliphatic heterocycles. The molecule has 0 saturated heterocycles. The highest BCUT2D eigenvalue weighted by Gasteiger charge is 2.56. The largest absolute Gasteiger partial charge is 0.497 e. The van der Waals surface area contributed by atoms with Crippen LogP contribution in [0, 0.1) is 29.0 Å². The Morgan fingerprint density at radius 2 is 1.88 bits per heavy atom. The van der Waals surface area contributed by atoms with E-state index >= 15 is 0 Å². The minimum atomic E-state index is -0.348. The second-order valence-electron chi connectivity index (χ2n) is 14.5. The van der Waals surface area contributed by atoms with Gasteiger partial charge in [-0.25, -0.2) is 14.4 Å². The molecule has 3 saturated carbocycles. The standard InChI is InChI=1S/C39H49FN6O2/c1-26-33-20-29(39(33,2)3)21-35(26)43-38(45(19-18-44(4)5)24-27-10-8-7-9-11-27)42-30-13-15-32-36(22-30)41-25-46(37(32)47)17-16-28-12-14-31(48-6)23-34(28)40/h7-15,22-23,25-26,29,33,35H,16-21,24H2,1-6H3,(H,42,43)/t26-,29-,33+,35?/m0/s1. The average molecular weight is 653 g/mol. The highest BCUT2D eigenvalue weighted by molar-refractivity contribution is 5.95. The van der Waals surface area contributed by atoms with E-state index in [-0.39, 0.29) is 17.4 Å². The van der Waals surface area contributed by atoms with Crippen LogP contribution in [0.4, 0.5) is 10.1 Å². The van der Waals surface area contributed by atoms with Crippen LogP contribution in [0.25, 0.3) is 10.9 Å². The van der Waals surface area contributed by atoms with Gasteiger partial charge in [0, 0.05) is 37.9 Å². The fourth-order valence-electron chi connectivity index (χ4n) is 7.65. The molecule has 8 nitrogen and oxygen atoms in total. The smallest absolute Gasteiger partial charge is 0.261 e. The van der Waals surface area contributed by atoms with Crippen molar-refractivity contribution in [2.45, 2.75) is 59.2 Å². The molecule has 3 aliphatic rings. The summed E-state index contributed by atoms with van der Waals surface area (Å²) in [5.74, 6) is 2.85. The minimum Gasteiger partial charge on any atom is -0.497 e. The first kappa shape index (κ1) is 33.7. The zero-order valence-electron chi connectivity index (χ0n) is 29.1. The van der Waals surface area contributed by atoms with Gasteiger partial charge in [-0.05, 0) is 91.9 Å². The van der Waals surface area contributed by atoms with E-state index in [1.807, 2.05) is 24.3 Å². The molecule has 0 spiro atoms. The lowest BCUT2D eigenvalue weighted by Gasteiger charge is -2.61. The van der Waals surface area contributed by atoms with E-state index in [4.69, 9.17) is 9.73 Å². The molecule has 1 heterocycles. The van der Waals surface area contributed by atoms with E-state index in [0.717, 1.165) is 37.7 Å². The summed E-state index contributed by atoms with van der Waals surface area (Å²) in [5, 5.41) is 4.21. The molecule has 7 rings (SSSR count). The summed E-state index contributed by atoms with van der Waals surface area (Å²) in [5.41, 5.74) is 3.42. The number of aliphatic imine (C=N–C) groups is 1. The molecule has 3 fully saturated rings. The van der Waals surface area contributed by atoms with E-state index in [1.165, 1.54) is 25.2 Å². The number of methoxy groups -OCH3 is 1. The molecule has 1 N–H and O–H groups in total. The molecular formula is C39H49FN6O2. The van der Waals surface area contributed by atoms with Gasteiger partial charge in [0.2, 0.25) is 0 Å². The van der Waals surface area contributed by atoms with E-state index in [9.17, 15) is 9.18 Å². The number of aryl methyl sites for hydroxylation is 2. The van der Waals surface area contributed by atoms with Crippen molar-refractivity contribution < 1.29 is 9.13 Å². The predicted octanol–water partition coefficient (Wildman–Crippen LogP) is 6.69. The normalized spacial score (nSPS) is 21.6. The molecule has 254 valence electrons. The van der Waals surface area contributed by atoms with Crippen molar-refractivity contribution in [3.8, 4) is 5.75 Å². The number of guanidine groups is 1. The first-order valence-corrected chi connectivity index (χ1v) is 17.1. The quantitative estimate of drug-likeness (QED) is 0.144. The van der Waals surface area contributed by atoms with Gasteiger partial charge in [0.15, 0.2) is 5.96 Å². The van der Waals surface area contributed by atoms with Crippen molar-refractivity contribution in [2.75, 3.05) is 39.6 Å². The third-order valence-electron chi connectivity index (χ3n) is 10.9. The number of nitrogens with one attached hydrogen (secondary N) is 1. The molecular weight excluding hydrogens is 603 g/mol. The summed E-state index contributed by atoms with van der Waals surface area (Å²) in [6.45, 7) is 9.96. The predicted molar refractivity (Wildman–Crippen MR) is 192 cm³/mol. The van der Waals surface area contributed by atoms with Crippen LogP contribution in [0.3, 0.4) is 0 Å². The molecule has 0 amide bonds. The number of halogens is 1. The van der Waals surface area contributed by atoms with Gasteiger partial charge in [-0.1, -0.05) is 57.2 Å². The van der Waals surface area contributed by atoms with Gasteiger partial charge in [0.05, 0.1) is 30.4 Å². The van der Waals surface area contributed by atoms with E-state index in [1.54, 1.807) is 23.0 Å². The summed E-state index contributed by atoms with van der Waals surface area (Å²) >= 11 is 0. The van der Waals surface area contributed by atoms with Crippen LogP contribution < -0.4 is 15.6 Å². The van der Waals surface area contributed by atoms with Gasteiger partial charge in [-0.15, -0.1) is 0 Å². The molecule has 4 aromatic rings. The molecule has 2 bridgehead atoms. The Balaban J connectivity index is 1.28. The lowest BCUT2D eigenvalue weighted by atomic mass is 9.45. The minimum absolute atomic E-state index is 0.149. The number of hydrogen-bond acceptors (Lipinski definition) is 5. The molecule has 1 aromatic heterocycles. The molecule has 48 heavy (non-hydrogen) atoms. The highest BCUT2D eigenvalue weighted by Crippen LogP contribution is 2.61. The SMILES string of the molecule is COc1ccc(CCn2cnc3cc(NC(=NC4C[C@@H]5C[C@H]([C@@H]4C)C5(C)C)N(CCN(C)C)Cc4ccccc4)ccc3c2=O)c(F)c1. The van der Waals surface area contributed by atoms with Gasteiger partial charge >= 0.3 is 0 Å². The van der Waals surface area contributed by atoms with E-state index in [0.29, 0.717) is 58.4 Å². The topological polar surface area (TPSA) is 75.0 Å². The number of rotatable bonds is 11. The van der Waals surface area contributed by atoms with Gasteiger partial charge < -0.3 is 19.9 Å². The Morgan fingerprint density at radius 1 is 1.08 bits per heavy atom. The Labute approximate surface area is 283 Å². The van der Waals surface area contributed by atoms with Crippen LogP contribution in [-0.4, -0.2) is 65.6 Å². The van der Waals surface area contributed by atoms with Crippen LogP contribution in [0.15, 0.2) is 82.8 Å². The van der Waals surface area contributed by atoms with Gasteiger partial charge in [-0.2, -0.15) is 0 Å². The van der Waals surface area contributed by atoms with Crippen molar-refractivity contribution in [1.82, 2.24) is 19.4 Å². The fourth-order valence-corrected chi connectivity index (χ4v) is 7.65. The first-order chi connectivity index (χ1) is 23.0. The van der Waals surface area contributed by atoms with Crippen molar-refractivity contribution in [3.05, 3.63) is 100 Å². The van der Waals surface area contributed by atoms with Crippen molar-refractivity contribution >= 4 is 22.5 Å². The third-order valence-corrected chi connectivity index (χ3v) is 10.9. The number of aromatic nitrogens is 2. The van der Waals surface area contributed by atoms with Crippen LogP contribution >= 0.6 is 0 Å². The summed E-state index contributed by atoms with van der Waals surface area (Å²) in [4.78, 5) is 28.2. The van der Waals surface area contributed by atoms with Gasteiger partial charge in [-0.3, -0.25) is 9.36 Å². The summed E-state index contributed by atoms with van der Waals surface area (Å²) in [7, 11) is 5.70. The Morgan fingerprint density at radius 3 is 2.56 bits per heavy atom. The summed E-state index contributed by atoms with van der Waals surface area (Å²) < 4.78 is 21.2. The Hall–Kier alpha value is -4.24. The fraction of sp³-hybridized carbons (Fsp3) is 0.462. The second kappa shape index (κ2) is 14.1. The van der Waals surface area contributed by atoms with E-state index in [2.05, 4.69) is 79.2 Å². The van der Waals surface area contributed by atoms with Gasteiger partial charge in [0.1, 0.15) is 11.6 Å². The number of hydrogen-bond donors (Lipinski definition) is 1. The number of anilines is 1. The number of benzene rings is 3. The van der Waals surface area contributed by atoms with Crippen LogP contribution in [-0.2, 0) is 19.5 Å². The van der Waals surface area contributed by atoms with Crippen LogP contribution in [0.5, 0.6) is 5.75 Å². The molecule has 0 radical (unpaired) electrons. The molecule has 4 atom stereocenters. The number of ether oxygens (including phenoxy) is 1. The molecule has 1 unspecified atom stereocenters. The zero-order chi connectivity index (χ0) is 34.0. The number of likely N-dealkylation sites (N-methyl/N-ethyl adjacent to an activating group) is 1. The third kappa shape index (κ3) is 7.11. The lowest BCUT2D eigenvalue weighted by molar-refractivity contribution is -0.108. The summed E-state index contributed by atoms with van der Waals surface area (Å²) in [6, 6.07) is 21.3. The number of nitrogens with zero attached hydrogens (tertiary/aromatic N) is 5. The van der Waals surface area contributed by atoms with Crippen molar-refractivity contribution in [2.24, 2.45) is 28.2 Å². The zero-order valence-corrected chi connectivity index (χ0v) is 29.1. The van der Waals surface area contributed by atoms with Crippen LogP contribution in [0.1, 0.15) is 44.7 Å². The van der Waals surface area contributed by atoms with Crippen molar-refractivity contribution in [1.29, 1.82) is 0 Å². The summed E-state index contributed by atoms with van der Waals surface area (Å²) in [6.07, 6.45) is 4.33. The molecule has 3 aliphatic carbocycles. The Kier molecular flexibility index (Phi) is 9.88. The lowest BCUT2D eigenvalue weighted by Crippen LogP contribution is -2.56. The molecule has 3 aromatic carbocycles. The van der Waals surface area contributed by atoms with Crippen LogP contribution in [0.2, 0.25) is 0 Å². The maximum Gasteiger partial charge on any atom is 0.261 e. The van der Waals surface area contributed by atoms with Gasteiger partial charge in [0.25, 0.3) is 5.56 Å². The maximum absolute atomic E-state index is 14.5. The monoisotopic (exact) mass is 652 g/mol. The second-order valence-corrected chi connectivity index (χ2v) is 14.5. The Bertz CT molecular complexity index is 1820. The van der Waals surface area contributed by atoms with E-state index < -0.39 is 0 Å². The molecule has 9 heteroatoms.